The number of urea groups is 1. The van der Waals surface area contributed by atoms with Gasteiger partial charge >= 0.3 is 30.2 Å². The second-order valence-electron chi connectivity index (χ2n) is 25.9. The molecule has 0 radical (unpaired) electrons. The normalized spacial score (nSPS) is 22.2. The van der Waals surface area contributed by atoms with Crippen LogP contribution in [0.1, 0.15) is 134 Å². The maximum absolute atomic E-state index is 14.9. The number of terminal acetylenes is 1. The van der Waals surface area contributed by atoms with Gasteiger partial charge in [0, 0.05) is 92.8 Å². The number of rotatable bonds is 24. The number of fused-ring (bicyclic) bond motifs is 9. The van der Waals surface area contributed by atoms with E-state index in [2.05, 4.69) is 43.7 Å². The van der Waals surface area contributed by atoms with Crippen LogP contribution in [-0.4, -0.2) is 176 Å². The highest BCUT2D eigenvalue weighted by Gasteiger charge is 2.70. The topological polar surface area (TPSA) is 333 Å². The number of carbonyl (C=O) groups is 7. The Balaban J connectivity index is 0.795. The first kappa shape index (κ1) is 70.1. The highest BCUT2D eigenvalue weighted by molar-refractivity contribution is 8.04. The summed E-state index contributed by atoms with van der Waals surface area (Å²) in [5.74, 6) is -0.772. The smallest absolute Gasteiger partial charge is 0.415 e. The van der Waals surface area contributed by atoms with Crippen LogP contribution in [0.5, 0.6) is 40.2 Å². The van der Waals surface area contributed by atoms with Gasteiger partial charge in [0.15, 0.2) is 34.5 Å². The summed E-state index contributed by atoms with van der Waals surface area (Å²) in [5.41, 5.74) is 10.6. The Morgan fingerprint density at radius 2 is 1.61 bits per heavy atom. The van der Waals surface area contributed by atoms with E-state index in [1.54, 1.807) is 43.3 Å². The SMILES string of the molecule is C#CS[C@@H]1c2c(OC(C)=O)c(C)c3c(c2C(COC(=O)[C@@H]2NCCc4cc(OC(=O)N(C)CCN(C)C(=O)OCc5ccc(NC(=O)[C@H](CCCNC(N)=O)NC(=O)[C@@H](NC(C)C)C(C)C)cc5)c(OC)cc42)N2[C@@H]1[C@H]1c4c(cc(C)c(OC)c4O)C4(C)C[C@@H]([C@@H]2O)N14)OCO3. The number of aliphatic hydroxyl groups excluding tert-OH is 1. The lowest BCUT2D eigenvalue weighted by Gasteiger charge is -2.66. The Labute approximate surface area is 562 Å². The van der Waals surface area contributed by atoms with E-state index in [-0.39, 0.29) is 86.9 Å². The highest BCUT2D eigenvalue weighted by atomic mass is 32.2. The number of nitrogens with two attached hydrogens (primary N) is 1. The van der Waals surface area contributed by atoms with Crippen molar-refractivity contribution in [2.45, 2.75) is 153 Å². The summed E-state index contributed by atoms with van der Waals surface area (Å²) >= 11 is 1.14. The van der Waals surface area contributed by atoms with Crippen molar-refractivity contribution in [1.82, 2.24) is 40.9 Å². The molecule has 2 unspecified atom stereocenters. The number of aliphatic hydroxyl groups is 1. The van der Waals surface area contributed by atoms with Crippen molar-refractivity contribution in [2.24, 2.45) is 11.7 Å². The fourth-order valence-electron chi connectivity index (χ4n) is 14.3. The molecule has 0 spiro atoms. The predicted molar refractivity (Wildman–Crippen MR) is 352 cm³/mol. The molecule has 6 aliphatic rings. The van der Waals surface area contributed by atoms with Gasteiger partial charge in [0.1, 0.15) is 37.3 Å². The molecular weight excluding hydrogens is 1260 g/mol. The third-order valence-corrected chi connectivity index (χ3v) is 19.8. The number of hydrogen-bond donors (Lipinski definition) is 8. The van der Waals surface area contributed by atoms with E-state index in [9.17, 15) is 43.8 Å². The summed E-state index contributed by atoms with van der Waals surface area (Å²) in [6.45, 7) is 14.7. The Bertz CT molecular complexity index is 3730. The number of ether oxygens (including phenoxy) is 8. The molecule has 10 atom stereocenters. The quantitative estimate of drug-likeness (QED) is 0.0168. The Kier molecular flexibility index (Phi) is 21.1. The minimum atomic E-state index is -1.17. The van der Waals surface area contributed by atoms with Crippen LogP contribution >= 0.6 is 11.8 Å². The van der Waals surface area contributed by atoms with Crippen LogP contribution in [-0.2, 0) is 47.2 Å². The second-order valence-corrected chi connectivity index (χ2v) is 26.8. The molecule has 28 heteroatoms. The number of carbonyl (C=O) groups excluding carboxylic acids is 7. The third-order valence-electron chi connectivity index (χ3n) is 18.8. The average molecular weight is 1350 g/mol. The van der Waals surface area contributed by atoms with Crippen molar-refractivity contribution in [3.8, 4) is 51.9 Å². The van der Waals surface area contributed by atoms with E-state index in [4.69, 9.17) is 50.1 Å². The van der Waals surface area contributed by atoms with Gasteiger partial charge in [-0.3, -0.25) is 24.2 Å². The number of aryl methyl sites for hydroxylation is 1. The molecule has 6 aliphatic heterocycles. The maximum atomic E-state index is 14.9. The Hall–Kier alpha value is -8.72. The number of piperazine rings is 1. The summed E-state index contributed by atoms with van der Waals surface area (Å²) in [5, 5.41) is 41.9. The first-order valence-corrected chi connectivity index (χ1v) is 32.9. The van der Waals surface area contributed by atoms with Crippen LogP contribution in [0.25, 0.3) is 0 Å². The van der Waals surface area contributed by atoms with Crippen molar-refractivity contribution < 1.29 is 81.7 Å². The molecule has 2 saturated heterocycles. The molecule has 4 aromatic carbocycles. The van der Waals surface area contributed by atoms with Gasteiger partial charge in [-0.25, -0.2) is 19.2 Å². The number of methoxy groups -OCH3 is 2. The molecule has 0 aromatic heterocycles. The number of likely N-dealkylation sites (N-methyl/N-ethyl adjacent to an activating group) is 2. The zero-order chi connectivity index (χ0) is 69.4. The average Bonchev–Trinajstić information content (AvgIpc) is 1.45. The van der Waals surface area contributed by atoms with Gasteiger partial charge in [0.25, 0.3) is 0 Å². The van der Waals surface area contributed by atoms with Gasteiger partial charge in [-0.1, -0.05) is 51.6 Å². The van der Waals surface area contributed by atoms with Gasteiger partial charge in [-0.15, -0.1) is 6.42 Å². The van der Waals surface area contributed by atoms with Crippen LogP contribution in [0.15, 0.2) is 42.5 Å². The number of hydrogen-bond acceptors (Lipinski definition) is 22. The van der Waals surface area contributed by atoms with Crippen molar-refractivity contribution >= 4 is 59.4 Å². The van der Waals surface area contributed by atoms with E-state index in [0.717, 1.165) is 22.9 Å². The molecule has 27 nitrogen and oxygen atoms in total. The predicted octanol–water partition coefficient (Wildman–Crippen LogP) is 6.17. The lowest BCUT2D eigenvalue weighted by atomic mass is 9.72. The molecule has 4 aromatic rings. The summed E-state index contributed by atoms with van der Waals surface area (Å²) in [7, 11) is 5.93. The largest absolute Gasteiger partial charge is 0.504 e. The zero-order valence-corrected chi connectivity index (χ0v) is 56.9. The number of phenolic OH excluding ortho intramolecular Hbond substituents is 1. The van der Waals surface area contributed by atoms with E-state index in [1.807, 2.05) is 45.6 Å². The molecule has 9 N–H and O–H groups in total. The number of thioether (sulfide) groups is 1. The fourth-order valence-corrected chi connectivity index (χ4v) is 15.3. The summed E-state index contributed by atoms with van der Waals surface area (Å²) in [4.78, 5) is 99.8. The second kappa shape index (κ2) is 28.9. The number of anilines is 1. The Morgan fingerprint density at radius 1 is 0.906 bits per heavy atom. The molecule has 10 rings (SSSR count). The molecule has 0 bridgehead atoms. The lowest BCUT2D eigenvalue weighted by molar-refractivity contribution is -0.249. The summed E-state index contributed by atoms with van der Waals surface area (Å²) < 4.78 is 47.9. The number of primary amides is 1. The van der Waals surface area contributed by atoms with Crippen LogP contribution < -0.4 is 60.7 Å². The zero-order valence-electron chi connectivity index (χ0n) is 56.0. The maximum Gasteiger partial charge on any atom is 0.415 e. The first-order valence-electron chi connectivity index (χ1n) is 32.0. The van der Waals surface area contributed by atoms with Crippen molar-refractivity contribution in [3.63, 3.8) is 0 Å². The van der Waals surface area contributed by atoms with Gasteiger partial charge in [0.2, 0.25) is 18.6 Å². The molecule has 2 fully saturated rings. The van der Waals surface area contributed by atoms with Crippen molar-refractivity contribution in [3.05, 3.63) is 92.5 Å². The van der Waals surface area contributed by atoms with E-state index < -0.39 is 95.4 Å². The molecule has 96 heavy (non-hydrogen) atoms. The van der Waals surface area contributed by atoms with Crippen LogP contribution in [0.4, 0.5) is 20.1 Å². The van der Waals surface area contributed by atoms with Gasteiger partial charge < -0.3 is 90.2 Å². The van der Waals surface area contributed by atoms with Crippen molar-refractivity contribution in [2.75, 3.05) is 73.2 Å². The summed E-state index contributed by atoms with van der Waals surface area (Å²) in [6, 6.07) is 5.97. The number of phenols is 1. The van der Waals surface area contributed by atoms with Crippen molar-refractivity contribution in [1.29, 1.82) is 0 Å². The van der Waals surface area contributed by atoms with Gasteiger partial charge in [0.05, 0.1) is 43.6 Å². The number of benzene rings is 4. The monoisotopic (exact) mass is 1350 g/mol. The van der Waals surface area contributed by atoms with E-state index in [1.165, 1.54) is 45.0 Å². The number of nitrogens with one attached hydrogen (secondary N) is 5. The van der Waals surface area contributed by atoms with Gasteiger partial charge in [-0.2, -0.15) is 0 Å². The molecule has 516 valence electrons. The molecule has 6 amide bonds. The highest BCUT2D eigenvalue weighted by Crippen LogP contribution is 2.70. The number of nitrogens with zero attached hydrogens (tertiary/aromatic N) is 4. The minimum absolute atomic E-state index is 0.0189. The van der Waals surface area contributed by atoms with E-state index in [0.29, 0.717) is 87.7 Å². The Morgan fingerprint density at radius 3 is 2.27 bits per heavy atom. The molecule has 0 aliphatic carbocycles. The number of amides is 6. The number of aromatic hydroxyl groups is 1. The first-order chi connectivity index (χ1) is 45.7. The van der Waals surface area contributed by atoms with Crippen LogP contribution in [0, 0.1) is 31.4 Å². The minimum Gasteiger partial charge on any atom is -0.504 e. The van der Waals surface area contributed by atoms with Crippen LogP contribution in [0.2, 0.25) is 0 Å². The van der Waals surface area contributed by atoms with E-state index >= 15 is 0 Å². The number of esters is 2. The molecular formula is C68H86N10O17S. The fraction of sp³-hybridized carbons (Fsp3) is 0.515. The molecule has 0 saturated carbocycles. The molecule has 6 heterocycles. The van der Waals surface area contributed by atoms with Gasteiger partial charge in [-0.05, 0) is 116 Å². The standard InChI is InChI=1S/C68H86N10O17S/c1-14-96-60-50-49(59-58(92-32-93-59)36(7)57(50)94-37(8)79)45(77-54(60)53-48-42(26-35(6)56(89-13)55(48)80)68(9)29-44(63(77)83)78(53)68)31-90-64(84)52-41-28-46(88-12)47(27-39(41)21-23-70-52)95-67(87)76(11)25-24-75(10)66(86)91-30-38-17-19-40(20-18-38)73-61(81)43(16-15-22-71-65(69)85)74-62(82)51(33(2)3)72-34(4)5/h1,17-20,26-28,33-34,43-45,51-54,60,63,70,72,80,83H,15-16,21-25,29-32H2,2-13H3,(H,73,81)(H,74,82)(H3,69,71,85)/t43-,44-,45?,51-,52+,53+,54+,60+,63-,68?/m0/s1. The lowest BCUT2D eigenvalue weighted by Crippen LogP contribution is -2.75. The van der Waals surface area contributed by atoms with Crippen LogP contribution in [0.3, 0.4) is 0 Å². The summed E-state index contributed by atoms with van der Waals surface area (Å²) in [6.07, 6.45) is 5.17. The third kappa shape index (κ3) is 13.6.